The maximum Gasteiger partial charge on any atom is 0.305 e. The van der Waals surface area contributed by atoms with E-state index in [2.05, 4.69) is 24.4 Å². The normalized spacial score (nSPS) is 14.0. The average molecular weight is 451 g/mol. The number of carbonyl (C=O) groups excluding carboxylic acids is 3. The summed E-state index contributed by atoms with van der Waals surface area (Å²) >= 11 is 0. The molecule has 1 aliphatic rings. The number of ether oxygens (including phenoxy) is 1. The van der Waals surface area contributed by atoms with Gasteiger partial charge in [0.1, 0.15) is 0 Å². The van der Waals surface area contributed by atoms with Crippen LogP contribution in [0.1, 0.15) is 61.4 Å². The van der Waals surface area contributed by atoms with E-state index in [1.165, 1.54) is 5.56 Å². The summed E-state index contributed by atoms with van der Waals surface area (Å²) in [6.07, 6.45) is 4.56. The smallest absolute Gasteiger partial charge is 0.305 e. The number of hydrogen-bond acceptors (Lipinski definition) is 4. The summed E-state index contributed by atoms with van der Waals surface area (Å²) in [6.45, 7) is 4.15. The maximum absolute atomic E-state index is 12.7. The summed E-state index contributed by atoms with van der Waals surface area (Å²) in [5, 5.41) is 2.83. The number of benzene rings is 2. The summed E-state index contributed by atoms with van der Waals surface area (Å²) in [5.41, 5.74) is 2.41. The highest BCUT2D eigenvalue weighted by molar-refractivity contribution is 5.97. The van der Waals surface area contributed by atoms with Gasteiger partial charge in [0, 0.05) is 37.2 Å². The zero-order valence-corrected chi connectivity index (χ0v) is 19.4. The molecule has 0 atom stereocenters. The van der Waals surface area contributed by atoms with Crippen molar-refractivity contribution in [2.45, 2.75) is 51.9 Å². The Labute approximate surface area is 196 Å². The van der Waals surface area contributed by atoms with E-state index in [-0.39, 0.29) is 30.6 Å². The van der Waals surface area contributed by atoms with Gasteiger partial charge in [-0.3, -0.25) is 14.4 Å². The first kappa shape index (κ1) is 24.5. The van der Waals surface area contributed by atoms with Gasteiger partial charge in [-0.25, -0.2) is 0 Å². The second kappa shape index (κ2) is 12.8. The number of nitrogens with one attached hydrogen (secondary N) is 1. The molecule has 1 N–H and O–H groups in total. The molecule has 1 aliphatic heterocycles. The lowest BCUT2D eigenvalue weighted by atomic mass is 9.98. The summed E-state index contributed by atoms with van der Waals surface area (Å²) in [5.74, 6) is 0.210. The highest BCUT2D eigenvalue weighted by Crippen LogP contribution is 2.20. The maximum atomic E-state index is 12.7. The number of rotatable bonds is 10. The van der Waals surface area contributed by atoms with E-state index in [1.54, 1.807) is 24.3 Å². The van der Waals surface area contributed by atoms with E-state index in [0.29, 0.717) is 30.2 Å². The predicted molar refractivity (Wildman–Crippen MR) is 129 cm³/mol. The lowest BCUT2D eigenvalue weighted by Crippen LogP contribution is -2.37. The fourth-order valence-electron chi connectivity index (χ4n) is 3.92. The minimum atomic E-state index is -0.278. The summed E-state index contributed by atoms with van der Waals surface area (Å²) in [7, 11) is 0. The van der Waals surface area contributed by atoms with E-state index in [1.807, 2.05) is 23.1 Å². The van der Waals surface area contributed by atoms with E-state index >= 15 is 0 Å². The van der Waals surface area contributed by atoms with Crippen molar-refractivity contribution >= 4 is 23.5 Å². The molecule has 0 aliphatic carbocycles. The van der Waals surface area contributed by atoms with Crippen LogP contribution >= 0.6 is 0 Å². The fraction of sp³-hybridized carbons (Fsp3) is 0.444. The number of amides is 2. The Bertz CT molecular complexity index is 921. The lowest BCUT2D eigenvalue weighted by Gasteiger charge is -2.30. The minimum absolute atomic E-state index is 0.00742. The standard InChI is InChI=1S/C27H34N2O4/c1-21-15-17-29(18-16-21)27(32)23-11-5-12-24(20-23)28-25(30)13-6-14-26(31)33-19-7-10-22-8-3-2-4-9-22/h2-5,8-9,11-12,20-21H,6-7,10,13-19H2,1H3,(H,28,30). The first-order valence-corrected chi connectivity index (χ1v) is 11.9. The zero-order valence-electron chi connectivity index (χ0n) is 19.4. The van der Waals surface area contributed by atoms with Crippen LogP contribution in [0.25, 0.3) is 0 Å². The van der Waals surface area contributed by atoms with Gasteiger partial charge < -0.3 is 15.0 Å². The number of anilines is 1. The second-order valence-corrected chi connectivity index (χ2v) is 8.77. The van der Waals surface area contributed by atoms with Crippen LogP contribution in [-0.4, -0.2) is 42.4 Å². The molecule has 2 aromatic rings. The molecule has 33 heavy (non-hydrogen) atoms. The molecule has 3 rings (SSSR count). The second-order valence-electron chi connectivity index (χ2n) is 8.77. The molecule has 2 amide bonds. The minimum Gasteiger partial charge on any atom is -0.466 e. The zero-order chi connectivity index (χ0) is 23.5. The third-order valence-electron chi connectivity index (χ3n) is 5.96. The van der Waals surface area contributed by atoms with Gasteiger partial charge >= 0.3 is 5.97 Å². The molecule has 0 saturated carbocycles. The van der Waals surface area contributed by atoms with Gasteiger partial charge in [-0.05, 0) is 61.8 Å². The first-order chi connectivity index (χ1) is 16.0. The fourth-order valence-corrected chi connectivity index (χ4v) is 3.92. The van der Waals surface area contributed by atoms with Crippen LogP contribution < -0.4 is 5.32 Å². The third kappa shape index (κ3) is 8.37. The van der Waals surface area contributed by atoms with Crippen LogP contribution in [0.4, 0.5) is 5.69 Å². The van der Waals surface area contributed by atoms with Gasteiger partial charge in [-0.15, -0.1) is 0 Å². The van der Waals surface area contributed by atoms with Crippen molar-refractivity contribution in [2.75, 3.05) is 25.0 Å². The van der Waals surface area contributed by atoms with Crippen molar-refractivity contribution in [3.05, 3.63) is 65.7 Å². The first-order valence-electron chi connectivity index (χ1n) is 11.9. The number of likely N-dealkylation sites (tertiary alicyclic amines) is 1. The van der Waals surface area contributed by atoms with Crippen LogP contribution in [0, 0.1) is 5.92 Å². The number of piperidine rings is 1. The van der Waals surface area contributed by atoms with Crippen molar-refractivity contribution in [3.63, 3.8) is 0 Å². The molecule has 6 heteroatoms. The third-order valence-corrected chi connectivity index (χ3v) is 5.96. The van der Waals surface area contributed by atoms with Gasteiger partial charge in [-0.1, -0.05) is 43.3 Å². The summed E-state index contributed by atoms with van der Waals surface area (Å²) < 4.78 is 5.26. The largest absolute Gasteiger partial charge is 0.466 e. The van der Waals surface area contributed by atoms with Gasteiger partial charge in [-0.2, -0.15) is 0 Å². The number of hydrogen-bond donors (Lipinski definition) is 1. The van der Waals surface area contributed by atoms with E-state index in [9.17, 15) is 14.4 Å². The number of nitrogens with zero attached hydrogens (tertiary/aromatic N) is 1. The number of aryl methyl sites for hydroxylation is 1. The molecule has 0 radical (unpaired) electrons. The SMILES string of the molecule is CC1CCN(C(=O)c2cccc(NC(=O)CCCC(=O)OCCCc3ccccc3)c2)CC1. The number of esters is 1. The Morgan fingerprint density at radius 3 is 2.48 bits per heavy atom. The summed E-state index contributed by atoms with van der Waals surface area (Å²) in [4.78, 5) is 38.8. The van der Waals surface area contributed by atoms with Gasteiger partial charge in [0.15, 0.2) is 0 Å². The quantitative estimate of drug-likeness (QED) is 0.415. The number of carbonyl (C=O) groups is 3. The van der Waals surface area contributed by atoms with Crippen molar-refractivity contribution in [3.8, 4) is 0 Å². The van der Waals surface area contributed by atoms with Crippen molar-refractivity contribution in [1.29, 1.82) is 0 Å². The van der Waals surface area contributed by atoms with Crippen LogP contribution in [0.5, 0.6) is 0 Å². The molecule has 1 saturated heterocycles. The average Bonchev–Trinajstić information content (AvgIpc) is 2.83. The molecule has 1 fully saturated rings. The highest BCUT2D eigenvalue weighted by Gasteiger charge is 2.21. The molecule has 1 heterocycles. The van der Waals surface area contributed by atoms with Gasteiger partial charge in [0.05, 0.1) is 6.61 Å². The predicted octanol–water partition coefficient (Wildman–Crippen LogP) is 4.84. The molecule has 176 valence electrons. The van der Waals surface area contributed by atoms with E-state index < -0.39 is 0 Å². The summed E-state index contributed by atoms with van der Waals surface area (Å²) in [6, 6.07) is 17.1. The van der Waals surface area contributed by atoms with Crippen LogP contribution in [-0.2, 0) is 20.7 Å². The molecule has 0 bridgehead atoms. The molecule has 6 nitrogen and oxygen atoms in total. The van der Waals surface area contributed by atoms with Crippen molar-refractivity contribution in [1.82, 2.24) is 4.90 Å². The Kier molecular flexibility index (Phi) is 9.48. The van der Waals surface area contributed by atoms with Crippen LogP contribution in [0.15, 0.2) is 54.6 Å². The Morgan fingerprint density at radius 1 is 0.970 bits per heavy atom. The molecular formula is C27H34N2O4. The Hall–Kier alpha value is -3.15. The topological polar surface area (TPSA) is 75.7 Å². The molecule has 2 aromatic carbocycles. The monoisotopic (exact) mass is 450 g/mol. The Balaban J connectivity index is 1.33. The lowest BCUT2D eigenvalue weighted by molar-refractivity contribution is -0.143. The van der Waals surface area contributed by atoms with E-state index in [0.717, 1.165) is 38.8 Å². The van der Waals surface area contributed by atoms with Crippen molar-refractivity contribution in [2.24, 2.45) is 5.92 Å². The molecule has 0 spiro atoms. The van der Waals surface area contributed by atoms with Gasteiger partial charge in [0.2, 0.25) is 5.91 Å². The van der Waals surface area contributed by atoms with Crippen LogP contribution in [0.3, 0.4) is 0 Å². The van der Waals surface area contributed by atoms with Crippen LogP contribution in [0.2, 0.25) is 0 Å². The molecule has 0 aromatic heterocycles. The molecular weight excluding hydrogens is 416 g/mol. The van der Waals surface area contributed by atoms with Crippen molar-refractivity contribution < 1.29 is 19.1 Å². The molecule has 0 unspecified atom stereocenters. The Morgan fingerprint density at radius 2 is 1.73 bits per heavy atom. The van der Waals surface area contributed by atoms with E-state index in [4.69, 9.17) is 4.74 Å². The highest BCUT2D eigenvalue weighted by atomic mass is 16.5. The van der Waals surface area contributed by atoms with Gasteiger partial charge in [0.25, 0.3) is 5.91 Å².